The van der Waals surface area contributed by atoms with Crippen LogP contribution in [0.1, 0.15) is 12.5 Å². The van der Waals surface area contributed by atoms with Crippen LogP contribution in [0.3, 0.4) is 0 Å². The maximum Gasteiger partial charge on any atom is 0.416 e. The third-order valence-electron chi connectivity index (χ3n) is 5.98. The number of alkyl halides is 3. The van der Waals surface area contributed by atoms with Crippen LogP contribution in [0.25, 0.3) is 0 Å². The Bertz CT molecular complexity index is 1200. The lowest BCUT2D eigenvalue weighted by atomic mass is 10.1. The molecule has 1 saturated heterocycles. The molecule has 4 rings (SSSR count). The minimum Gasteiger partial charge on any atom is -0.486 e. The smallest absolute Gasteiger partial charge is 0.416 e. The van der Waals surface area contributed by atoms with Gasteiger partial charge in [-0.1, -0.05) is 6.07 Å². The summed E-state index contributed by atoms with van der Waals surface area (Å²) >= 11 is 0. The minimum absolute atomic E-state index is 0.248. The largest absolute Gasteiger partial charge is 0.486 e. The van der Waals surface area contributed by atoms with E-state index in [4.69, 9.17) is 9.47 Å². The molecule has 1 fully saturated rings. The van der Waals surface area contributed by atoms with Crippen LogP contribution < -0.4 is 18.7 Å². The molecule has 2 heterocycles. The molecule has 0 N–H and O–H groups in total. The summed E-state index contributed by atoms with van der Waals surface area (Å²) in [5.74, 6) is 0.504. The number of piperazine rings is 1. The number of anilines is 2. The highest BCUT2D eigenvalue weighted by molar-refractivity contribution is 7.92. The van der Waals surface area contributed by atoms with Crippen molar-refractivity contribution in [3.63, 3.8) is 0 Å². The molecule has 8 nitrogen and oxygen atoms in total. The molecular weight excluding hydrogens is 487 g/mol. The maximum absolute atomic E-state index is 13.3. The van der Waals surface area contributed by atoms with Crippen LogP contribution in [-0.2, 0) is 21.0 Å². The van der Waals surface area contributed by atoms with E-state index in [-0.39, 0.29) is 18.8 Å². The monoisotopic (exact) mass is 513 g/mol. The second-order valence-corrected chi connectivity index (χ2v) is 10.3. The quantitative estimate of drug-likeness (QED) is 0.612. The van der Waals surface area contributed by atoms with Crippen LogP contribution >= 0.6 is 0 Å². The van der Waals surface area contributed by atoms with Crippen LogP contribution in [0.5, 0.6) is 11.5 Å². The number of carbonyl (C=O) groups is 1. The van der Waals surface area contributed by atoms with Crippen LogP contribution in [0.4, 0.5) is 24.5 Å². The highest BCUT2D eigenvalue weighted by Gasteiger charge is 2.35. The van der Waals surface area contributed by atoms with Gasteiger partial charge in [-0.15, -0.1) is 0 Å². The van der Waals surface area contributed by atoms with Crippen LogP contribution in [0.15, 0.2) is 42.5 Å². The van der Waals surface area contributed by atoms with E-state index in [2.05, 4.69) is 0 Å². The fraction of sp³-hybridized carbons (Fsp3) is 0.435. The van der Waals surface area contributed by atoms with Gasteiger partial charge in [0, 0.05) is 37.9 Å². The molecule has 1 amide bonds. The van der Waals surface area contributed by atoms with Crippen molar-refractivity contribution in [1.82, 2.24) is 4.90 Å². The van der Waals surface area contributed by atoms with E-state index in [9.17, 15) is 26.4 Å². The van der Waals surface area contributed by atoms with Crippen molar-refractivity contribution in [2.24, 2.45) is 0 Å². The van der Waals surface area contributed by atoms with E-state index in [0.29, 0.717) is 43.5 Å². The summed E-state index contributed by atoms with van der Waals surface area (Å²) in [5, 5.41) is 0. The number of hydrogen-bond acceptors (Lipinski definition) is 6. The summed E-state index contributed by atoms with van der Waals surface area (Å²) in [6, 6.07) is 8.72. The van der Waals surface area contributed by atoms with E-state index in [1.165, 1.54) is 24.0 Å². The lowest BCUT2D eigenvalue weighted by Gasteiger charge is -2.39. The van der Waals surface area contributed by atoms with Gasteiger partial charge >= 0.3 is 6.18 Å². The topological polar surface area (TPSA) is 79.4 Å². The molecule has 0 aliphatic carbocycles. The number of rotatable bonds is 5. The van der Waals surface area contributed by atoms with Gasteiger partial charge in [0.25, 0.3) is 0 Å². The Morgan fingerprint density at radius 1 is 1.00 bits per heavy atom. The maximum atomic E-state index is 13.3. The number of carbonyl (C=O) groups excluding carboxylic acids is 1. The predicted octanol–water partition coefficient (Wildman–Crippen LogP) is 2.98. The van der Waals surface area contributed by atoms with Gasteiger partial charge in [-0.3, -0.25) is 9.10 Å². The number of ether oxygens (including phenoxy) is 2. The molecule has 2 aromatic carbocycles. The van der Waals surface area contributed by atoms with E-state index in [1.807, 2.05) is 0 Å². The van der Waals surface area contributed by atoms with Gasteiger partial charge in [-0.2, -0.15) is 13.2 Å². The van der Waals surface area contributed by atoms with E-state index in [0.717, 1.165) is 22.7 Å². The van der Waals surface area contributed by atoms with Crippen molar-refractivity contribution in [1.29, 1.82) is 0 Å². The zero-order valence-corrected chi connectivity index (χ0v) is 20.1. The zero-order valence-electron chi connectivity index (χ0n) is 19.3. The fourth-order valence-electron chi connectivity index (χ4n) is 4.30. The zero-order chi connectivity index (χ0) is 25.4. The summed E-state index contributed by atoms with van der Waals surface area (Å²) in [6.07, 6.45) is -3.41. The number of sulfonamides is 1. The van der Waals surface area contributed by atoms with Gasteiger partial charge < -0.3 is 19.3 Å². The van der Waals surface area contributed by atoms with Gasteiger partial charge in [-0.25, -0.2) is 8.42 Å². The number of halogens is 3. The molecular formula is C23H26F3N3O5S. The number of benzene rings is 2. The summed E-state index contributed by atoms with van der Waals surface area (Å²) in [6.45, 7) is 3.38. The Morgan fingerprint density at radius 2 is 1.66 bits per heavy atom. The Hall–Kier alpha value is -3.15. The molecule has 2 aromatic rings. The molecule has 2 aliphatic rings. The SMILES string of the molecule is C[C@H](C(=O)N1CCN(c2cccc(C(F)(F)F)c2)CC1)N(c1ccc2c(c1)OCCO2)S(C)(=O)=O. The normalized spacial score (nSPS) is 17.2. The third kappa shape index (κ3) is 5.42. The van der Waals surface area contributed by atoms with Crippen molar-refractivity contribution >= 4 is 27.3 Å². The standard InChI is InChI=1S/C23H26F3N3O5S/c1-16(29(35(2,31)32)19-6-7-20-21(15-19)34-13-12-33-20)22(30)28-10-8-27(9-11-28)18-5-3-4-17(14-18)23(24,25)26/h3-7,14-16H,8-13H2,1-2H3/t16-/m1/s1. The van der Waals surface area contributed by atoms with Crippen LogP contribution in [0.2, 0.25) is 0 Å². The van der Waals surface area contributed by atoms with Crippen molar-refractivity contribution in [3.8, 4) is 11.5 Å². The minimum atomic E-state index is -4.44. The van der Waals surface area contributed by atoms with Crippen molar-refractivity contribution in [2.75, 3.05) is 54.9 Å². The van der Waals surface area contributed by atoms with Crippen molar-refractivity contribution in [3.05, 3.63) is 48.0 Å². The molecule has 2 aliphatic heterocycles. The molecule has 0 bridgehead atoms. The molecule has 0 aromatic heterocycles. The highest BCUT2D eigenvalue weighted by Crippen LogP contribution is 2.36. The molecule has 0 unspecified atom stereocenters. The second kappa shape index (κ2) is 9.48. The average molecular weight is 514 g/mol. The fourth-order valence-corrected chi connectivity index (χ4v) is 5.46. The van der Waals surface area contributed by atoms with E-state index >= 15 is 0 Å². The van der Waals surface area contributed by atoms with Gasteiger partial charge in [0.1, 0.15) is 19.3 Å². The van der Waals surface area contributed by atoms with Crippen LogP contribution in [-0.4, -0.2) is 70.9 Å². The van der Waals surface area contributed by atoms with E-state index < -0.39 is 33.7 Å². The summed E-state index contributed by atoms with van der Waals surface area (Å²) in [5.41, 5.74) is -0.0282. The number of hydrogen-bond donors (Lipinski definition) is 0. The number of nitrogens with zero attached hydrogens (tertiary/aromatic N) is 3. The first kappa shape index (κ1) is 25.0. The number of amides is 1. The average Bonchev–Trinajstić information content (AvgIpc) is 2.82. The lowest BCUT2D eigenvalue weighted by molar-refractivity contribution is -0.137. The summed E-state index contributed by atoms with van der Waals surface area (Å²) in [7, 11) is -3.83. The lowest BCUT2D eigenvalue weighted by Crippen LogP contribution is -2.55. The third-order valence-corrected chi connectivity index (χ3v) is 7.22. The molecule has 1 atom stereocenters. The number of fused-ring (bicyclic) bond motifs is 1. The summed E-state index contributed by atoms with van der Waals surface area (Å²) < 4.78 is 76.6. The first-order chi connectivity index (χ1) is 16.4. The Morgan fingerprint density at radius 3 is 2.29 bits per heavy atom. The summed E-state index contributed by atoms with van der Waals surface area (Å²) in [4.78, 5) is 16.6. The molecule has 0 saturated carbocycles. The molecule has 0 radical (unpaired) electrons. The molecule has 0 spiro atoms. The van der Waals surface area contributed by atoms with Crippen molar-refractivity contribution < 1.29 is 35.9 Å². The van der Waals surface area contributed by atoms with Crippen LogP contribution in [0, 0.1) is 0 Å². The molecule has 12 heteroatoms. The highest BCUT2D eigenvalue weighted by atomic mass is 32.2. The van der Waals surface area contributed by atoms with E-state index in [1.54, 1.807) is 23.1 Å². The first-order valence-electron chi connectivity index (χ1n) is 11.1. The first-order valence-corrected chi connectivity index (χ1v) is 12.9. The molecule has 35 heavy (non-hydrogen) atoms. The van der Waals surface area contributed by atoms with Gasteiger partial charge in [0.05, 0.1) is 17.5 Å². The van der Waals surface area contributed by atoms with Gasteiger partial charge in [0.2, 0.25) is 15.9 Å². The Kier molecular flexibility index (Phi) is 6.76. The molecule has 190 valence electrons. The van der Waals surface area contributed by atoms with Gasteiger partial charge in [-0.05, 0) is 37.3 Å². The predicted molar refractivity (Wildman–Crippen MR) is 124 cm³/mol. The second-order valence-electron chi connectivity index (χ2n) is 8.42. The van der Waals surface area contributed by atoms with Gasteiger partial charge in [0.15, 0.2) is 11.5 Å². The Labute approximate surface area is 201 Å². The van der Waals surface area contributed by atoms with Crippen molar-refractivity contribution in [2.45, 2.75) is 19.1 Å². The Balaban J connectivity index is 1.48.